The van der Waals surface area contributed by atoms with E-state index >= 15 is 0 Å². The first kappa shape index (κ1) is 16.5. The SMILES string of the molecule is NCC(=O)N(Cc1cccc2ccccc12)CC1CCCN1C=O. The second-order valence-electron chi connectivity index (χ2n) is 6.26. The number of fused-ring (bicyclic) bond motifs is 1. The molecule has 126 valence electrons. The van der Waals surface area contributed by atoms with Gasteiger partial charge in [-0.1, -0.05) is 42.5 Å². The molecule has 0 aromatic heterocycles. The number of likely N-dealkylation sites (tertiary alicyclic amines) is 1. The van der Waals surface area contributed by atoms with Crippen LogP contribution in [0.4, 0.5) is 0 Å². The van der Waals surface area contributed by atoms with Gasteiger partial charge in [0, 0.05) is 25.7 Å². The first-order valence-corrected chi connectivity index (χ1v) is 8.38. The summed E-state index contributed by atoms with van der Waals surface area (Å²) in [7, 11) is 0. The van der Waals surface area contributed by atoms with Crippen LogP contribution >= 0.6 is 0 Å². The van der Waals surface area contributed by atoms with Gasteiger partial charge in [-0.2, -0.15) is 0 Å². The Hall–Kier alpha value is -2.40. The molecular formula is C19H23N3O2. The molecule has 0 spiro atoms. The fourth-order valence-corrected chi connectivity index (χ4v) is 3.47. The van der Waals surface area contributed by atoms with Gasteiger partial charge in [0.25, 0.3) is 0 Å². The third kappa shape index (κ3) is 3.41. The maximum Gasteiger partial charge on any atom is 0.236 e. The Morgan fingerprint density at radius 2 is 2.04 bits per heavy atom. The van der Waals surface area contributed by atoms with Crippen LogP contribution in [0.15, 0.2) is 42.5 Å². The Morgan fingerprint density at radius 3 is 2.83 bits per heavy atom. The molecule has 1 aliphatic rings. The van der Waals surface area contributed by atoms with Crippen LogP contribution in [0.5, 0.6) is 0 Å². The van der Waals surface area contributed by atoms with Crippen LogP contribution in [-0.4, -0.2) is 47.8 Å². The average Bonchev–Trinajstić information content (AvgIpc) is 3.08. The smallest absolute Gasteiger partial charge is 0.236 e. The Bertz CT molecular complexity index is 726. The van der Waals surface area contributed by atoms with Gasteiger partial charge in [-0.05, 0) is 29.2 Å². The van der Waals surface area contributed by atoms with Crippen molar-refractivity contribution in [2.45, 2.75) is 25.4 Å². The van der Waals surface area contributed by atoms with E-state index in [9.17, 15) is 9.59 Å². The van der Waals surface area contributed by atoms with Gasteiger partial charge in [0.05, 0.1) is 6.54 Å². The van der Waals surface area contributed by atoms with Crippen molar-refractivity contribution >= 4 is 23.1 Å². The molecule has 2 aromatic rings. The van der Waals surface area contributed by atoms with Crippen LogP contribution in [0, 0.1) is 0 Å². The van der Waals surface area contributed by atoms with Gasteiger partial charge >= 0.3 is 0 Å². The van der Waals surface area contributed by atoms with Crippen molar-refractivity contribution in [1.29, 1.82) is 0 Å². The van der Waals surface area contributed by atoms with Crippen LogP contribution in [0.2, 0.25) is 0 Å². The van der Waals surface area contributed by atoms with Crippen molar-refractivity contribution in [3.8, 4) is 0 Å². The molecule has 24 heavy (non-hydrogen) atoms. The van der Waals surface area contributed by atoms with Crippen molar-refractivity contribution in [2.75, 3.05) is 19.6 Å². The van der Waals surface area contributed by atoms with Gasteiger partial charge < -0.3 is 15.5 Å². The van der Waals surface area contributed by atoms with E-state index in [0.29, 0.717) is 13.1 Å². The molecule has 0 radical (unpaired) electrons. The molecule has 1 saturated heterocycles. The zero-order valence-electron chi connectivity index (χ0n) is 13.7. The van der Waals surface area contributed by atoms with E-state index in [1.165, 1.54) is 0 Å². The molecule has 0 bridgehead atoms. The molecule has 1 fully saturated rings. The number of rotatable bonds is 6. The molecule has 2 aromatic carbocycles. The summed E-state index contributed by atoms with van der Waals surface area (Å²) in [5.41, 5.74) is 6.71. The average molecular weight is 325 g/mol. The summed E-state index contributed by atoms with van der Waals surface area (Å²) < 4.78 is 0. The van der Waals surface area contributed by atoms with Crippen LogP contribution in [0.3, 0.4) is 0 Å². The first-order valence-electron chi connectivity index (χ1n) is 8.38. The number of hydrogen-bond donors (Lipinski definition) is 1. The molecule has 1 unspecified atom stereocenters. The molecule has 2 N–H and O–H groups in total. The zero-order chi connectivity index (χ0) is 16.9. The number of carbonyl (C=O) groups is 2. The quantitative estimate of drug-likeness (QED) is 0.823. The van der Waals surface area contributed by atoms with Gasteiger partial charge in [-0.3, -0.25) is 9.59 Å². The maximum atomic E-state index is 12.3. The lowest BCUT2D eigenvalue weighted by atomic mass is 10.0. The van der Waals surface area contributed by atoms with E-state index in [4.69, 9.17) is 5.73 Å². The Labute approximate surface area is 142 Å². The minimum atomic E-state index is -0.0827. The van der Waals surface area contributed by atoms with Gasteiger partial charge in [0.1, 0.15) is 0 Å². The highest BCUT2D eigenvalue weighted by molar-refractivity contribution is 5.86. The Kier molecular flexibility index (Phi) is 5.11. The Morgan fingerprint density at radius 1 is 1.25 bits per heavy atom. The monoisotopic (exact) mass is 325 g/mol. The number of nitrogens with zero attached hydrogens (tertiary/aromatic N) is 2. The lowest BCUT2D eigenvalue weighted by Crippen LogP contribution is -2.44. The van der Waals surface area contributed by atoms with E-state index in [-0.39, 0.29) is 18.5 Å². The summed E-state index contributed by atoms with van der Waals surface area (Å²) in [4.78, 5) is 27.1. The molecular weight excluding hydrogens is 302 g/mol. The van der Waals surface area contributed by atoms with Crippen LogP contribution in [0.1, 0.15) is 18.4 Å². The number of amides is 2. The molecule has 1 aliphatic heterocycles. The summed E-state index contributed by atoms with van der Waals surface area (Å²) in [5.74, 6) is -0.0827. The largest absolute Gasteiger partial charge is 0.340 e. The molecule has 5 nitrogen and oxygen atoms in total. The molecule has 2 amide bonds. The highest BCUT2D eigenvalue weighted by Gasteiger charge is 2.27. The number of benzene rings is 2. The van der Waals surface area contributed by atoms with Gasteiger partial charge in [0.15, 0.2) is 0 Å². The van der Waals surface area contributed by atoms with Gasteiger partial charge in [-0.15, -0.1) is 0 Å². The Balaban J connectivity index is 1.84. The van der Waals surface area contributed by atoms with Crippen LogP contribution < -0.4 is 5.73 Å². The van der Waals surface area contributed by atoms with Gasteiger partial charge in [0.2, 0.25) is 12.3 Å². The normalized spacial score (nSPS) is 17.2. The van der Waals surface area contributed by atoms with Crippen molar-refractivity contribution in [2.24, 2.45) is 5.73 Å². The number of hydrogen-bond acceptors (Lipinski definition) is 3. The number of carbonyl (C=O) groups excluding carboxylic acids is 2. The molecule has 0 aliphatic carbocycles. The second kappa shape index (κ2) is 7.45. The third-order valence-electron chi connectivity index (χ3n) is 4.76. The summed E-state index contributed by atoms with van der Waals surface area (Å²) in [6, 6.07) is 14.4. The van der Waals surface area contributed by atoms with Crippen LogP contribution in [-0.2, 0) is 16.1 Å². The minimum absolute atomic E-state index is 0.0153. The molecule has 5 heteroatoms. The zero-order valence-corrected chi connectivity index (χ0v) is 13.7. The molecule has 1 atom stereocenters. The predicted octanol–water partition coefficient (Wildman–Crippen LogP) is 1.75. The second-order valence-corrected chi connectivity index (χ2v) is 6.26. The molecule has 3 rings (SSSR count). The lowest BCUT2D eigenvalue weighted by Gasteiger charge is -2.29. The summed E-state index contributed by atoms with van der Waals surface area (Å²) >= 11 is 0. The minimum Gasteiger partial charge on any atom is -0.340 e. The van der Waals surface area contributed by atoms with Gasteiger partial charge in [-0.25, -0.2) is 0 Å². The van der Waals surface area contributed by atoms with E-state index in [0.717, 1.165) is 42.1 Å². The fraction of sp³-hybridized carbons (Fsp3) is 0.368. The summed E-state index contributed by atoms with van der Waals surface area (Å²) in [6.45, 7) is 1.81. The van der Waals surface area contributed by atoms with E-state index in [1.54, 1.807) is 9.80 Å². The van der Waals surface area contributed by atoms with E-state index in [1.807, 2.05) is 24.3 Å². The summed E-state index contributed by atoms with van der Waals surface area (Å²) in [6.07, 6.45) is 2.81. The highest BCUT2D eigenvalue weighted by Crippen LogP contribution is 2.22. The van der Waals surface area contributed by atoms with Crippen molar-refractivity contribution in [1.82, 2.24) is 9.80 Å². The van der Waals surface area contributed by atoms with Crippen LogP contribution in [0.25, 0.3) is 10.8 Å². The first-order chi connectivity index (χ1) is 11.7. The molecule has 0 saturated carbocycles. The highest BCUT2D eigenvalue weighted by atomic mass is 16.2. The van der Waals surface area contributed by atoms with E-state index < -0.39 is 0 Å². The predicted molar refractivity (Wildman–Crippen MR) is 94.2 cm³/mol. The fourth-order valence-electron chi connectivity index (χ4n) is 3.47. The van der Waals surface area contributed by atoms with Crippen molar-refractivity contribution in [3.05, 3.63) is 48.0 Å². The standard InChI is InChI=1S/C19H23N3O2/c20-11-19(24)22(13-17-8-4-10-21(17)14-23)12-16-7-3-6-15-5-1-2-9-18(15)16/h1-3,5-7,9,14,17H,4,8,10-13,20H2. The van der Waals surface area contributed by atoms with Crippen molar-refractivity contribution < 1.29 is 9.59 Å². The summed E-state index contributed by atoms with van der Waals surface area (Å²) in [5, 5.41) is 2.30. The number of nitrogens with two attached hydrogens (primary N) is 1. The van der Waals surface area contributed by atoms with Crippen molar-refractivity contribution in [3.63, 3.8) is 0 Å². The maximum absolute atomic E-state index is 12.3. The van der Waals surface area contributed by atoms with E-state index in [2.05, 4.69) is 18.2 Å². The topological polar surface area (TPSA) is 66.6 Å². The lowest BCUT2D eigenvalue weighted by molar-refractivity contribution is -0.132. The molecule has 1 heterocycles. The third-order valence-corrected chi connectivity index (χ3v) is 4.76.